The highest BCUT2D eigenvalue weighted by Gasteiger charge is 2.38. The van der Waals surface area contributed by atoms with Crippen molar-refractivity contribution in [3.63, 3.8) is 0 Å². The molecule has 2 aromatic rings. The molecule has 0 radical (unpaired) electrons. The summed E-state index contributed by atoms with van der Waals surface area (Å²) in [6.45, 7) is 4.58. The van der Waals surface area contributed by atoms with Crippen LogP contribution in [0.3, 0.4) is 0 Å². The Kier molecular flexibility index (Phi) is 5.08. The van der Waals surface area contributed by atoms with Crippen LogP contribution >= 0.6 is 0 Å². The lowest BCUT2D eigenvalue weighted by molar-refractivity contribution is 0.0648. The summed E-state index contributed by atoms with van der Waals surface area (Å²) in [5.41, 5.74) is 1.88. The van der Waals surface area contributed by atoms with Crippen molar-refractivity contribution >= 4 is 11.8 Å². The van der Waals surface area contributed by atoms with E-state index in [1.165, 1.54) is 5.56 Å². The number of benzene rings is 1. The Hall–Kier alpha value is -2.34. The van der Waals surface area contributed by atoms with Gasteiger partial charge in [0.05, 0.1) is 18.2 Å². The molecular weight excluding hydrogens is 316 g/mol. The molecule has 6 nitrogen and oxygen atoms in total. The summed E-state index contributed by atoms with van der Waals surface area (Å²) in [5, 5.41) is 10.5. The van der Waals surface area contributed by atoms with Crippen LogP contribution in [0.2, 0.25) is 0 Å². The fraction of sp³-hybridized carbons (Fsp3) is 0.474. The van der Waals surface area contributed by atoms with Crippen LogP contribution in [0.15, 0.2) is 36.5 Å². The summed E-state index contributed by atoms with van der Waals surface area (Å²) in [7, 11) is 1.66. The molecular formula is C19H26N4O2. The van der Waals surface area contributed by atoms with Crippen LogP contribution in [0.1, 0.15) is 43.4 Å². The third kappa shape index (κ3) is 3.85. The summed E-state index contributed by atoms with van der Waals surface area (Å²) < 4.78 is 7.13. The molecule has 25 heavy (non-hydrogen) atoms. The van der Waals surface area contributed by atoms with Crippen molar-refractivity contribution in [3.8, 4) is 0 Å². The molecule has 3 rings (SSSR count). The third-order valence-electron chi connectivity index (χ3n) is 4.94. The van der Waals surface area contributed by atoms with Crippen LogP contribution in [-0.2, 0) is 4.74 Å². The summed E-state index contributed by atoms with van der Waals surface area (Å²) in [6.07, 6.45) is 4.98. The molecule has 0 bridgehead atoms. The van der Waals surface area contributed by atoms with Crippen molar-refractivity contribution < 1.29 is 9.53 Å². The lowest BCUT2D eigenvalue weighted by Crippen LogP contribution is -2.57. The van der Waals surface area contributed by atoms with Crippen molar-refractivity contribution in [3.05, 3.63) is 47.7 Å². The van der Waals surface area contributed by atoms with Gasteiger partial charge in [0, 0.05) is 18.9 Å². The molecule has 1 atom stereocenters. The maximum Gasteiger partial charge on any atom is 0.320 e. The topological polar surface area (TPSA) is 68.2 Å². The van der Waals surface area contributed by atoms with Gasteiger partial charge >= 0.3 is 6.03 Å². The highest BCUT2D eigenvalue weighted by molar-refractivity contribution is 5.89. The van der Waals surface area contributed by atoms with E-state index in [4.69, 9.17) is 4.74 Å². The maximum atomic E-state index is 12.4. The van der Waals surface area contributed by atoms with Gasteiger partial charge in [-0.15, -0.1) is 0 Å². The molecule has 1 aromatic carbocycles. The first-order chi connectivity index (χ1) is 12.0. The normalized spacial score (nSPS) is 16.8. The molecule has 0 aliphatic heterocycles. The standard InChI is InChI=1S/C19H26N4O2/c1-14-12-23(15(2)16-8-5-4-6-9-16)22-17(14)20-18(24)21-19(13-25-3)10-7-11-19/h4-6,8-9,12,15H,7,10-11,13H2,1-3H3,(H2,20,21,22,24)/t15-/m0/s1. The molecule has 0 spiro atoms. The molecule has 1 aliphatic carbocycles. The lowest BCUT2D eigenvalue weighted by Gasteiger charge is -2.41. The number of carbonyl (C=O) groups excluding carboxylic acids is 1. The predicted octanol–water partition coefficient (Wildman–Crippen LogP) is 3.49. The number of methoxy groups -OCH3 is 1. The number of hydrogen-bond acceptors (Lipinski definition) is 3. The monoisotopic (exact) mass is 342 g/mol. The van der Waals surface area contributed by atoms with Gasteiger partial charge in [0.1, 0.15) is 0 Å². The first-order valence-corrected chi connectivity index (χ1v) is 8.72. The molecule has 2 amide bonds. The Bertz CT molecular complexity index is 722. The summed E-state index contributed by atoms with van der Waals surface area (Å²) >= 11 is 0. The quantitative estimate of drug-likeness (QED) is 0.844. The minimum atomic E-state index is -0.230. The van der Waals surface area contributed by atoms with Gasteiger partial charge in [0.2, 0.25) is 0 Å². The Morgan fingerprint density at radius 1 is 1.36 bits per heavy atom. The zero-order valence-electron chi connectivity index (χ0n) is 15.1. The number of ether oxygens (including phenoxy) is 1. The first kappa shape index (κ1) is 17.5. The fourth-order valence-corrected chi connectivity index (χ4v) is 3.25. The van der Waals surface area contributed by atoms with Gasteiger partial charge < -0.3 is 10.1 Å². The van der Waals surface area contributed by atoms with Gasteiger partial charge in [-0.1, -0.05) is 30.3 Å². The van der Waals surface area contributed by atoms with Crippen molar-refractivity contribution in [2.24, 2.45) is 0 Å². The number of carbonyl (C=O) groups is 1. The molecule has 6 heteroatoms. The van der Waals surface area contributed by atoms with Gasteiger partial charge in [0.25, 0.3) is 0 Å². The zero-order chi connectivity index (χ0) is 17.9. The second kappa shape index (κ2) is 7.27. The van der Waals surface area contributed by atoms with E-state index in [2.05, 4.69) is 34.8 Å². The van der Waals surface area contributed by atoms with E-state index in [9.17, 15) is 4.79 Å². The largest absolute Gasteiger partial charge is 0.382 e. The van der Waals surface area contributed by atoms with Crippen LogP contribution in [-0.4, -0.2) is 35.1 Å². The second-order valence-electron chi connectivity index (χ2n) is 6.87. The maximum absolute atomic E-state index is 12.4. The van der Waals surface area contributed by atoms with Crippen molar-refractivity contribution in [2.75, 3.05) is 19.0 Å². The number of rotatable bonds is 6. The Morgan fingerprint density at radius 2 is 2.08 bits per heavy atom. The second-order valence-corrected chi connectivity index (χ2v) is 6.87. The molecule has 2 N–H and O–H groups in total. The highest BCUT2D eigenvalue weighted by atomic mass is 16.5. The molecule has 1 saturated carbocycles. The molecule has 1 fully saturated rings. The summed E-state index contributed by atoms with van der Waals surface area (Å²) in [5.74, 6) is 0.590. The van der Waals surface area contributed by atoms with Crippen molar-refractivity contribution in [1.82, 2.24) is 15.1 Å². The van der Waals surface area contributed by atoms with Crippen molar-refractivity contribution in [1.29, 1.82) is 0 Å². The molecule has 134 valence electrons. The smallest absolute Gasteiger partial charge is 0.320 e. The number of urea groups is 1. The number of aryl methyl sites for hydroxylation is 1. The molecule has 1 aliphatic rings. The SMILES string of the molecule is COCC1(NC(=O)Nc2nn([C@@H](C)c3ccccc3)cc2C)CCC1. The van der Waals surface area contributed by atoms with E-state index in [0.717, 1.165) is 24.8 Å². The van der Waals surface area contributed by atoms with Crippen LogP contribution in [0.25, 0.3) is 0 Å². The van der Waals surface area contributed by atoms with Gasteiger partial charge in [-0.25, -0.2) is 4.79 Å². The van der Waals surface area contributed by atoms with E-state index in [1.807, 2.05) is 36.0 Å². The Labute approximate surface area is 148 Å². The number of hydrogen-bond donors (Lipinski definition) is 2. The Morgan fingerprint density at radius 3 is 2.68 bits per heavy atom. The number of nitrogens with zero attached hydrogens (tertiary/aromatic N) is 2. The van der Waals surface area contributed by atoms with Crippen LogP contribution in [0.5, 0.6) is 0 Å². The van der Waals surface area contributed by atoms with E-state index in [0.29, 0.717) is 12.4 Å². The van der Waals surface area contributed by atoms with Gasteiger partial charge in [-0.3, -0.25) is 10.00 Å². The number of amides is 2. The average Bonchev–Trinajstić information content (AvgIpc) is 2.93. The van der Waals surface area contributed by atoms with Crippen molar-refractivity contribution in [2.45, 2.75) is 44.7 Å². The third-order valence-corrected chi connectivity index (χ3v) is 4.94. The van der Waals surface area contributed by atoms with Gasteiger partial charge in [-0.05, 0) is 38.7 Å². The summed E-state index contributed by atoms with van der Waals surface area (Å²) in [4.78, 5) is 12.4. The first-order valence-electron chi connectivity index (χ1n) is 8.72. The van der Waals surface area contributed by atoms with E-state index in [-0.39, 0.29) is 17.6 Å². The van der Waals surface area contributed by atoms with E-state index in [1.54, 1.807) is 7.11 Å². The molecule has 0 saturated heterocycles. The molecule has 1 aromatic heterocycles. The minimum absolute atomic E-state index is 0.102. The zero-order valence-corrected chi connectivity index (χ0v) is 15.1. The summed E-state index contributed by atoms with van der Waals surface area (Å²) in [6, 6.07) is 10.1. The van der Waals surface area contributed by atoms with Crippen LogP contribution < -0.4 is 10.6 Å². The van der Waals surface area contributed by atoms with Crippen LogP contribution in [0, 0.1) is 6.92 Å². The average molecular weight is 342 g/mol. The minimum Gasteiger partial charge on any atom is -0.382 e. The van der Waals surface area contributed by atoms with Gasteiger partial charge in [-0.2, -0.15) is 5.10 Å². The number of anilines is 1. The molecule has 1 heterocycles. The fourth-order valence-electron chi connectivity index (χ4n) is 3.25. The predicted molar refractivity (Wildman–Crippen MR) is 97.8 cm³/mol. The highest BCUT2D eigenvalue weighted by Crippen LogP contribution is 2.32. The Balaban J connectivity index is 1.67. The van der Waals surface area contributed by atoms with Gasteiger partial charge in [0.15, 0.2) is 5.82 Å². The number of aromatic nitrogens is 2. The van der Waals surface area contributed by atoms with Crippen LogP contribution in [0.4, 0.5) is 10.6 Å². The van der Waals surface area contributed by atoms with E-state index < -0.39 is 0 Å². The number of nitrogens with one attached hydrogen (secondary N) is 2. The lowest BCUT2D eigenvalue weighted by atomic mass is 9.77. The van der Waals surface area contributed by atoms with E-state index >= 15 is 0 Å². The molecule has 0 unspecified atom stereocenters.